The lowest BCUT2D eigenvalue weighted by Gasteiger charge is -2.20. The first-order chi connectivity index (χ1) is 19.7. The molecule has 4 nitrogen and oxygen atoms in total. The monoisotopic (exact) mass is 574 g/mol. The summed E-state index contributed by atoms with van der Waals surface area (Å²) in [6, 6.07) is 22.4. The summed E-state index contributed by atoms with van der Waals surface area (Å²) in [4.78, 5) is 24.8. The standard InChI is InChI=1S/C36H46O4S/c1-7-13-28-24-32(40-31-16-10-9-11-17-31)19-20-33(28)26(5)15-12-22-39-34-21-18-30(23-29(34)14-8-2)36(41-27(6)37)35(38)25(3)4/h9-11,16-21,23-26,36H,7-8,12-15,22H2,1-6H3. The van der Waals surface area contributed by atoms with E-state index in [2.05, 4.69) is 45.0 Å². The van der Waals surface area contributed by atoms with Crippen molar-refractivity contribution in [2.24, 2.45) is 5.92 Å². The molecule has 3 rings (SSSR count). The first kappa shape index (κ1) is 32.5. The molecule has 41 heavy (non-hydrogen) atoms. The minimum atomic E-state index is -0.472. The number of aryl methyl sites for hydroxylation is 2. The van der Waals surface area contributed by atoms with Gasteiger partial charge < -0.3 is 9.47 Å². The minimum absolute atomic E-state index is 0.0454. The summed E-state index contributed by atoms with van der Waals surface area (Å²) in [6.07, 6.45) is 5.92. The van der Waals surface area contributed by atoms with E-state index in [1.807, 2.05) is 56.3 Å². The SMILES string of the molecule is CCCc1cc(C(SC(C)=O)C(=O)C(C)C)ccc1OCCCC(C)c1ccc(Oc2ccccc2)cc1CCC. The van der Waals surface area contributed by atoms with Crippen LogP contribution in [0.3, 0.4) is 0 Å². The lowest BCUT2D eigenvalue weighted by atomic mass is 9.90. The molecule has 0 aliphatic rings. The van der Waals surface area contributed by atoms with Crippen molar-refractivity contribution in [3.05, 3.63) is 89.0 Å². The average Bonchev–Trinajstić information content (AvgIpc) is 2.95. The number of para-hydroxylation sites is 1. The molecule has 0 N–H and O–H groups in total. The second-order valence-corrected chi connectivity index (χ2v) is 12.4. The number of benzene rings is 3. The van der Waals surface area contributed by atoms with Crippen molar-refractivity contribution in [2.45, 2.75) is 91.2 Å². The highest BCUT2D eigenvalue weighted by atomic mass is 32.2. The van der Waals surface area contributed by atoms with Gasteiger partial charge in [-0.2, -0.15) is 0 Å². The van der Waals surface area contributed by atoms with Gasteiger partial charge in [0.25, 0.3) is 0 Å². The molecule has 0 aliphatic heterocycles. The van der Waals surface area contributed by atoms with Crippen molar-refractivity contribution in [3.8, 4) is 17.2 Å². The van der Waals surface area contributed by atoms with Crippen LogP contribution in [0.5, 0.6) is 17.2 Å². The zero-order chi connectivity index (χ0) is 29.8. The van der Waals surface area contributed by atoms with Crippen molar-refractivity contribution in [1.29, 1.82) is 0 Å². The Bertz CT molecular complexity index is 1270. The molecule has 5 heteroatoms. The van der Waals surface area contributed by atoms with Crippen LogP contribution < -0.4 is 9.47 Å². The number of hydrogen-bond donors (Lipinski definition) is 0. The van der Waals surface area contributed by atoms with E-state index >= 15 is 0 Å². The number of thioether (sulfide) groups is 1. The van der Waals surface area contributed by atoms with E-state index in [-0.39, 0.29) is 16.8 Å². The smallest absolute Gasteiger partial charge is 0.186 e. The van der Waals surface area contributed by atoms with E-state index in [9.17, 15) is 9.59 Å². The number of carbonyl (C=O) groups is 2. The topological polar surface area (TPSA) is 52.6 Å². The summed E-state index contributed by atoms with van der Waals surface area (Å²) in [6.45, 7) is 12.6. The van der Waals surface area contributed by atoms with Gasteiger partial charge in [-0.1, -0.05) is 95.6 Å². The van der Waals surface area contributed by atoms with Crippen molar-refractivity contribution >= 4 is 22.7 Å². The average molecular weight is 575 g/mol. The maximum atomic E-state index is 12.9. The largest absolute Gasteiger partial charge is 0.493 e. The number of Topliss-reactive ketones (excluding diaryl/α,β-unsaturated/α-hetero) is 1. The summed E-state index contributed by atoms with van der Waals surface area (Å²) in [7, 11) is 0. The third-order valence-corrected chi connectivity index (χ3v) is 8.27. The van der Waals surface area contributed by atoms with Crippen LogP contribution in [-0.2, 0) is 22.4 Å². The van der Waals surface area contributed by atoms with Crippen LogP contribution in [0.15, 0.2) is 66.7 Å². The highest BCUT2D eigenvalue weighted by Gasteiger charge is 2.26. The molecule has 0 saturated carbocycles. The Morgan fingerprint density at radius 3 is 2.20 bits per heavy atom. The third kappa shape index (κ3) is 9.78. The lowest BCUT2D eigenvalue weighted by molar-refractivity contribution is -0.121. The lowest BCUT2D eigenvalue weighted by Crippen LogP contribution is -2.17. The van der Waals surface area contributed by atoms with E-state index in [1.165, 1.54) is 18.1 Å². The van der Waals surface area contributed by atoms with Gasteiger partial charge in [-0.15, -0.1) is 0 Å². The molecule has 2 atom stereocenters. The summed E-state index contributed by atoms with van der Waals surface area (Å²) in [5, 5.41) is -0.518. The predicted molar refractivity (Wildman–Crippen MR) is 171 cm³/mol. The summed E-state index contributed by atoms with van der Waals surface area (Å²) >= 11 is 1.11. The molecule has 220 valence electrons. The molecule has 0 fully saturated rings. The Balaban J connectivity index is 1.65. The highest BCUT2D eigenvalue weighted by molar-refractivity contribution is 8.14. The normalized spacial score (nSPS) is 12.7. The van der Waals surface area contributed by atoms with E-state index in [1.54, 1.807) is 0 Å². The van der Waals surface area contributed by atoms with Gasteiger partial charge in [0.1, 0.15) is 17.2 Å². The zero-order valence-corrected chi connectivity index (χ0v) is 26.4. The van der Waals surface area contributed by atoms with Crippen LogP contribution in [0.4, 0.5) is 0 Å². The maximum absolute atomic E-state index is 12.9. The van der Waals surface area contributed by atoms with Gasteiger partial charge in [0.15, 0.2) is 10.9 Å². The Hall–Kier alpha value is -3.05. The Labute approximate surface area is 251 Å². The van der Waals surface area contributed by atoms with Crippen LogP contribution in [-0.4, -0.2) is 17.5 Å². The molecular formula is C36H46O4S. The molecular weight excluding hydrogens is 528 g/mol. The quantitative estimate of drug-likeness (QED) is 0.159. The maximum Gasteiger partial charge on any atom is 0.186 e. The number of rotatable bonds is 16. The van der Waals surface area contributed by atoms with Gasteiger partial charge in [-0.05, 0) is 84.2 Å². The molecule has 0 aliphatic carbocycles. The second kappa shape index (κ2) is 16.4. The Kier molecular flexibility index (Phi) is 13.0. The van der Waals surface area contributed by atoms with Gasteiger partial charge in [-0.25, -0.2) is 0 Å². The molecule has 0 bridgehead atoms. The van der Waals surface area contributed by atoms with Crippen molar-refractivity contribution in [2.75, 3.05) is 6.61 Å². The van der Waals surface area contributed by atoms with E-state index < -0.39 is 5.25 Å². The van der Waals surface area contributed by atoms with Crippen LogP contribution in [0.1, 0.15) is 101 Å². The van der Waals surface area contributed by atoms with Crippen LogP contribution >= 0.6 is 11.8 Å². The second-order valence-electron chi connectivity index (χ2n) is 11.1. The van der Waals surface area contributed by atoms with Crippen molar-refractivity contribution in [1.82, 2.24) is 0 Å². The molecule has 3 aromatic carbocycles. The third-order valence-electron chi connectivity index (χ3n) is 7.20. The fourth-order valence-corrected chi connectivity index (χ4v) is 6.09. The van der Waals surface area contributed by atoms with Gasteiger partial charge in [0.05, 0.1) is 11.9 Å². The molecule has 0 heterocycles. The zero-order valence-electron chi connectivity index (χ0n) is 25.6. The molecule has 0 spiro atoms. The van der Waals surface area contributed by atoms with Gasteiger partial charge in [0, 0.05) is 12.8 Å². The summed E-state index contributed by atoms with van der Waals surface area (Å²) in [5.41, 5.74) is 4.72. The molecule has 0 saturated heterocycles. The van der Waals surface area contributed by atoms with E-state index in [0.29, 0.717) is 12.5 Å². The molecule has 0 amide bonds. The number of hydrogen-bond acceptors (Lipinski definition) is 5. The molecule has 3 aromatic rings. The predicted octanol–water partition coefficient (Wildman–Crippen LogP) is 9.89. The first-order valence-electron chi connectivity index (χ1n) is 15.1. The first-order valence-corrected chi connectivity index (χ1v) is 15.9. The Morgan fingerprint density at radius 2 is 1.54 bits per heavy atom. The number of ether oxygens (including phenoxy) is 2. The van der Waals surface area contributed by atoms with Crippen LogP contribution in [0, 0.1) is 5.92 Å². The highest BCUT2D eigenvalue weighted by Crippen LogP contribution is 2.36. The fraction of sp³-hybridized carbons (Fsp3) is 0.444. The van der Waals surface area contributed by atoms with Crippen molar-refractivity contribution < 1.29 is 19.1 Å². The molecule has 0 radical (unpaired) electrons. The van der Waals surface area contributed by atoms with Crippen molar-refractivity contribution in [3.63, 3.8) is 0 Å². The van der Waals surface area contributed by atoms with Crippen LogP contribution in [0.2, 0.25) is 0 Å². The number of carbonyl (C=O) groups excluding carboxylic acids is 2. The van der Waals surface area contributed by atoms with E-state index in [4.69, 9.17) is 9.47 Å². The van der Waals surface area contributed by atoms with Gasteiger partial charge >= 0.3 is 0 Å². The molecule has 0 aromatic heterocycles. The minimum Gasteiger partial charge on any atom is -0.493 e. The van der Waals surface area contributed by atoms with Gasteiger partial charge in [0.2, 0.25) is 0 Å². The van der Waals surface area contributed by atoms with Crippen LogP contribution in [0.25, 0.3) is 0 Å². The fourth-order valence-electron chi connectivity index (χ4n) is 5.09. The van der Waals surface area contributed by atoms with E-state index in [0.717, 1.165) is 78.7 Å². The molecule has 2 unspecified atom stereocenters. The Morgan fingerprint density at radius 1 is 0.829 bits per heavy atom. The number of ketones is 1. The summed E-state index contributed by atoms with van der Waals surface area (Å²) < 4.78 is 12.4. The van der Waals surface area contributed by atoms with Gasteiger partial charge in [-0.3, -0.25) is 9.59 Å². The summed E-state index contributed by atoms with van der Waals surface area (Å²) in [5.74, 6) is 2.96.